The van der Waals surface area contributed by atoms with Crippen molar-refractivity contribution in [3.05, 3.63) is 52.3 Å². The highest BCUT2D eigenvalue weighted by Gasteiger charge is 2.04. The molecule has 4 heteroatoms. The number of nitriles is 1. The lowest BCUT2D eigenvalue weighted by atomic mass is 10.2. The van der Waals surface area contributed by atoms with Gasteiger partial charge in [-0.3, -0.25) is 4.98 Å². The van der Waals surface area contributed by atoms with E-state index in [1.54, 1.807) is 24.4 Å². The molecule has 0 aliphatic rings. The van der Waals surface area contributed by atoms with E-state index in [1.165, 1.54) is 0 Å². The molecular formula is C13H9BrN2O. The summed E-state index contributed by atoms with van der Waals surface area (Å²) < 4.78 is 6.41. The number of aromatic nitrogens is 1. The molecule has 84 valence electrons. The molecule has 0 N–H and O–H groups in total. The molecule has 17 heavy (non-hydrogen) atoms. The molecule has 0 bridgehead atoms. The van der Waals surface area contributed by atoms with Crippen LogP contribution < -0.4 is 4.74 Å². The van der Waals surface area contributed by atoms with E-state index in [-0.39, 0.29) is 0 Å². The highest BCUT2D eigenvalue weighted by atomic mass is 79.9. The molecule has 1 aromatic heterocycles. The van der Waals surface area contributed by atoms with Gasteiger partial charge >= 0.3 is 0 Å². The molecule has 0 saturated carbocycles. The maximum absolute atomic E-state index is 8.81. The second kappa shape index (κ2) is 4.98. The topological polar surface area (TPSA) is 45.9 Å². The lowest BCUT2D eigenvalue weighted by Gasteiger charge is -2.08. The van der Waals surface area contributed by atoms with Crippen molar-refractivity contribution in [3.63, 3.8) is 0 Å². The van der Waals surface area contributed by atoms with Gasteiger partial charge in [0.15, 0.2) is 0 Å². The van der Waals surface area contributed by atoms with E-state index >= 15 is 0 Å². The first-order valence-electron chi connectivity index (χ1n) is 5.00. The largest absolute Gasteiger partial charge is 0.455 e. The molecule has 0 aliphatic carbocycles. The Labute approximate surface area is 108 Å². The van der Waals surface area contributed by atoms with Crippen LogP contribution in [0.25, 0.3) is 0 Å². The van der Waals surface area contributed by atoms with Gasteiger partial charge < -0.3 is 4.74 Å². The molecule has 1 aromatic carbocycles. The van der Waals surface area contributed by atoms with Crippen LogP contribution >= 0.6 is 15.9 Å². The fraction of sp³-hybridized carbons (Fsp3) is 0.0769. The van der Waals surface area contributed by atoms with Crippen LogP contribution in [0.15, 0.2) is 41.0 Å². The first-order valence-corrected chi connectivity index (χ1v) is 5.79. The number of ether oxygens (including phenoxy) is 1. The average Bonchev–Trinajstić information content (AvgIpc) is 2.32. The minimum atomic E-state index is 0.584. The quantitative estimate of drug-likeness (QED) is 0.844. The summed E-state index contributed by atoms with van der Waals surface area (Å²) in [5.74, 6) is 1.39. The highest BCUT2D eigenvalue weighted by Crippen LogP contribution is 2.27. The second-order valence-corrected chi connectivity index (χ2v) is 4.30. The van der Waals surface area contributed by atoms with Crippen LogP contribution in [0.3, 0.4) is 0 Å². The van der Waals surface area contributed by atoms with Gasteiger partial charge in [0.2, 0.25) is 0 Å². The lowest BCUT2D eigenvalue weighted by molar-refractivity contribution is 0.475. The number of aryl methyl sites for hydroxylation is 1. The Morgan fingerprint density at radius 1 is 1.35 bits per heavy atom. The highest BCUT2D eigenvalue weighted by molar-refractivity contribution is 9.10. The number of benzene rings is 1. The molecule has 0 unspecified atom stereocenters. The van der Waals surface area contributed by atoms with Crippen molar-refractivity contribution >= 4 is 15.9 Å². The van der Waals surface area contributed by atoms with Crippen molar-refractivity contribution in [1.82, 2.24) is 4.98 Å². The van der Waals surface area contributed by atoms with Crippen LogP contribution in [0.5, 0.6) is 11.5 Å². The first kappa shape index (κ1) is 11.6. The van der Waals surface area contributed by atoms with E-state index in [0.29, 0.717) is 17.1 Å². The van der Waals surface area contributed by atoms with Crippen molar-refractivity contribution < 1.29 is 4.74 Å². The third-order valence-electron chi connectivity index (χ3n) is 2.25. The molecule has 0 aliphatic heterocycles. The van der Waals surface area contributed by atoms with Crippen LogP contribution in [0.1, 0.15) is 11.3 Å². The molecule has 2 rings (SSSR count). The molecule has 2 aromatic rings. The van der Waals surface area contributed by atoms with Crippen molar-refractivity contribution in [2.45, 2.75) is 6.92 Å². The number of nitrogens with zero attached hydrogens (tertiary/aromatic N) is 2. The number of hydrogen-bond acceptors (Lipinski definition) is 3. The van der Waals surface area contributed by atoms with Crippen molar-refractivity contribution in [1.29, 1.82) is 5.26 Å². The van der Waals surface area contributed by atoms with E-state index < -0.39 is 0 Å². The number of pyridine rings is 1. The van der Waals surface area contributed by atoms with Gasteiger partial charge in [-0.15, -0.1) is 0 Å². The molecule has 0 atom stereocenters. The molecule has 3 nitrogen and oxygen atoms in total. The number of halogens is 1. The molecule has 1 heterocycles. The average molecular weight is 289 g/mol. The van der Waals surface area contributed by atoms with Gasteiger partial charge in [-0.05, 0) is 53.2 Å². The predicted octanol–water partition coefficient (Wildman–Crippen LogP) is 3.82. The minimum absolute atomic E-state index is 0.584. The Kier molecular flexibility index (Phi) is 3.40. The first-order chi connectivity index (χ1) is 8.20. The summed E-state index contributed by atoms with van der Waals surface area (Å²) in [5, 5.41) is 8.81. The van der Waals surface area contributed by atoms with Crippen LogP contribution in [-0.4, -0.2) is 4.98 Å². The molecule has 0 amide bonds. The molecule has 0 fully saturated rings. The number of hydrogen-bond donors (Lipinski definition) is 0. The predicted molar refractivity (Wildman–Crippen MR) is 67.9 cm³/mol. The normalized spacial score (nSPS) is 9.71. The second-order valence-electron chi connectivity index (χ2n) is 3.44. The standard InChI is InChI=1S/C13H9BrN2O/c1-9-13(3-2-6-16-9)17-11-5-4-10(8-15)12(14)7-11/h2-7H,1H3. The zero-order chi connectivity index (χ0) is 12.3. The Hall–Kier alpha value is -1.86. The van der Waals surface area contributed by atoms with Gasteiger partial charge in [0.05, 0.1) is 11.3 Å². The van der Waals surface area contributed by atoms with Crippen molar-refractivity contribution in [2.75, 3.05) is 0 Å². The maximum atomic E-state index is 8.81. The van der Waals surface area contributed by atoms with E-state index in [4.69, 9.17) is 10.00 Å². The van der Waals surface area contributed by atoms with Crippen LogP contribution in [0, 0.1) is 18.3 Å². The van der Waals surface area contributed by atoms with Gasteiger partial charge in [-0.2, -0.15) is 5.26 Å². The van der Waals surface area contributed by atoms with Crippen LogP contribution in [0.2, 0.25) is 0 Å². The van der Waals surface area contributed by atoms with E-state index in [2.05, 4.69) is 27.0 Å². The Morgan fingerprint density at radius 2 is 2.18 bits per heavy atom. The van der Waals surface area contributed by atoms with Gasteiger partial charge in [0.25, 0.3) is 0 Å². The van der Waals surface area contributed by atoms with E-state index in [9.17, 15) is 0 Å². The monoisotopic (exact) mass is 288 g/mol. The summed E-state index contributed by atoms with van der Waals surface area (Å²) in [7, 11) is 0. The lowest BCUT2D eigenvalue weighted by Crippen LogP contribution is -1.90. The van der Waals surface area contributed by atoms with Gasteiger partial charge in [-0.1, -0.05) is 0 Å². The van der Waals surface area contributed by atoms with Crippen LogP contribution in [-0.2, 0) is 0 Å². The zero-order valence-corrected chi connectivity index (χ0v) is 10.7. The SMILES string of the molecule is Cc1ncccc1Oc1ccc(C#N)c(Br)c1. The van der Waals surface area contributed by atoms with Crippen LogP contribution in [0.4, 0.5) is 0 Å². The minimum Gasteiger partial charge on any atom is -0.455 e. The smallest absolute Gasteiger partial charge is 0.148 e. The summed E-state index contributed by atoms with van der Waals surface area (Å²) in [6, 6.07) is 11.0. The third-order valence-corrected chi connectivity index (χ3v) is 2.90. The fourth-order valence-electron chi connectivity index (χ4n) is 1.35. The summed E-state index contributed by atoms with van der Waals surface area (Å²) in [5.41, 5.74) is 1.41. The van der Waals surface area contributed by atoms with Gasteiger partial charge in [0, 0.05) is 10.7 Å². The molecular weight excluding hydrogens is 280 g/mol. The van der Waals surface area contributed by atoms with Crippen molar-refractivity contribution in [2.24, 2.45) is 0 Å². The van der Waals surface area contributed by atoms with E-state index in [1.807, 2.05) is 19.1 Å². The van der Waals surface area contributed by atoms with Gasteiger partial charge in [0.1, 0.15) is 17.6 Å². The Balaban J connectivity index is 2.29. The number of rotatable bonds is 2. The van der Waals surface area contributed by atoms with Crippen molar-refractivity contribution in [3.8, 4) is 17.6 Å². The molecule has 0 saturated heterocycles. The third kappa shape index (κ3) is 2.63. The fourth-order valence-corrected chi connectivity index (χ4v) is 1.80. The maximum Gasteiger partial charge on any atom is 0.148 e. The Morgan fingerprint density at radius 3 is 2.82 bits per heavy atom. The molecule has 0 radical (unpaired) electrons. The molecule has 0 spiro atoms. The Bertz CT molecular complexity index is 590. The summed E-state index contributed by atoms with van der Waals surface area (Å²) in [6.45, 7) is 1.88. The summed E-state index contributed by atoms with van der Waals surface area (Å²) in [6.07, 6.45) is 1.72. The summed E-state index contributed by atoms with van der Waals surface area (Å²) in [4.78, 5) is 4.14. The van der Waals surface area contributed by atoms with E-state index in [0.717, 1.165) is 10.2 Å². The zero-order valence-electron chi connectivity index (χ0n) is 9.14. The summed E-state index contributed by atoms with van der Waals surface area (Å²) >= 11 is 3.32. The van der Waals surface area contributed by atoms with Gasteiger partial charge in [-0.25, -0.2) is 0 Å².